The van der Waals surface area contributed by atoms with Gasteiger partial charge in [-0.3, -0.25) is 15.0 Å². The van der Waals surface area contributed by atoms with Crippen LogP contribution in [0, 0.1) is 13.8 Å². The largest absolute Gasteiger partial charge is 0.280 e. The minimum absolute atomic E-state index is 0.186. The van der Waals surface area contributed by atoms with E-state index < -0.39 is 0 Å². The number of nitrogens with zero attached hydrogens (tertiary/aromatic N) is 2. The number of benzene rings is 2. The molecule has 1 aromatic heterocycles. The Hall–Kier alpha value is -2.95. The van der Waals surface area contributed by atoms with Crippen molar-refractivity contribution in [2.75, 3.05) is 5.43 Å². The van der Waals surface area contributed by atoms with Crippen LogP contribution in [0.1, 0.15) is 65.3 Å². The fraction of sp³-hybridized carbons (Fsp3) is 0.348. The predicted molar refractivity (Wildman–Crippen MR) is 111 cm³/mol. The molecule has 5 heteroatoms. The molecule has 4 rings (SSSR count). The molecule has 0 aliphatic heterocycles. The van der Waals surface area contributed by atoms with Crippen LogP contribution >= 0.6 is 0 Å². The molecule has 2 aromatic carbocycles. The third-order valence-corrected chi connectivity index (χ3v) is 5.75. The van der Waals surface area contributed by atoms with Gasteiger partial charge in [0.05, 0.1) is 10.9 Å². The summed E-state index contributed by atoms with van der Waals surface area (Å²) in [7, 11) is 0. The van der Waals surface area contributed by atoms with Crippen LogP contribution in [0.2, 0.25) is 0 Å². The lowest BCUT2D eigenvalue weighted by Crippen LogP contribution is -2.37. The summed E-state index contributed by atoms with van der Waals surface area (Å²) in [5, 5.41) is 0.516. The van der Waals surface area contributed by atoms with E-state index in [-0.39, 0.29) is 17.4 Å². The van der Waals surface area contributed by atoms with Gasteiger partial charge in [-0.2, -0.15) is 0 Å². The quantitative estimate of drug-likeness (QED) is 0.736. The highest BCUT2D eigenvalue weighted by atomic mass is 16.2. The third kappa shape index (κ3) is 3.44. The number of hydrogen-bond donors (Lipinski definition) is 1. The second-order valence-electron chi connectivity index (χ2n) is 7.70. The molecule has 1 aliphatic carbocycles. The maximum absolute atomic E-state index is 13.2. The molecular formula is C23H25N3O2. The Kier molecular flexibility index (Phi) is 4.99. The standard InChI is InChI=1S/C23H25N3O2/c1-15-12-13-18(14-16(15)2)22(27)25-26-21(17-8-4-3-5-9-17)24-20-11-7-6-10-19(20)23(26)28/h6-7,10-14,17H,3-5,8-9H2,1-2H3,(H,25,27). The molecule has 1 N–H and O–H groups in total. The van der Waals surface area contributed by atoms with Crippen LogP contribution in [-0.2, 0) is 0 Å². The topological polar surface area (TPSA) is 64.0 Å². The van der Waals surface area contributed by atoms with Crippen LogP contribution < -0.4 is 11.0 Å². The lowest BCUT2D eigenvalue weighted by atomic mass is 9.88. The first-order chi connectivity index (χ1) is 13.5. The van der Waals surface area contributed by atoms with E-state index in [9.17, 15) is 9.59 Å². The van der Waals surface area contributed by atoms with Gasteiger partial charge < -0.3 is 0 Å². The summed E-state index contributed by atoms with van der Waals surface area (Å²) < 4.78 is 1.38. The molecule has 0 unspecified atom stereocenters. The number of carbonyl (C=O) groups is 1. The lowest BCUT2D eigenvalue weighted by molar-refractivity contribution is 0.101. The Morgan fingerprint density at radius 1 is 1.04 bits per heavy atom. The van der Waals surface area contributed by atoms with Crippen LogP contribution in [0.25, 0.3) is 10.9 Å². The Balaban J connectivity index is 1.79. The molecule has 1 heterocycles. The van der Waals surface area contributed by atoms with Crippen molar-refractivity contribution in [2.24, 2.45) is 0 Å². The van der Waals surface area contributed by atoms with Crippen LogP contribution in [0.5, 0.6) is 0 Å². The number of nitrogens with one attached hydrogen (secondary N) is 1. The van der Waals surface area contributed by atoms with Gasteiger partial charge in [0.25, 0.3) is 11.5 Å². The molecule has 0 spiro atoms. The van der Waals surface area contributed by atoms with Crippen LogP contribution in [0.3, 0.4) is 0 Å². The van der Waals surface area contributed by atoms with E-state index >= 15 is 0 Å². The predicted octanol–water partition coefficient (Wildman–Crippen LogP) is 4.44. The highest BCUT2D eigenvalue weighted by molar-refractivity contribution is 6.00. The first kappa shape index (κ1) is 18.4. The lowest BCUT2D eigenvalue weighted by Gasteiger charge is -2.24. The average Bonchev–Trinajstić information content (AvgIpc) is 2.72. The van der Waals surface area contributed by atoms with Crippen molar-refractivity contribution in [2.45, 2.75) is 51.9 Å². The fourth-order valence-corrected chi connectivity index (χ4v) is 3.94. The second-order valence-corrected chi connectivity index (χ2v) is 7.70. The van der Waals surface area contributed by atoms with Gasteiger partial charge in [0.1, 0.15) is 5.82 Å². The van der Waals surface area contributed by atoms with E-state index in [4.69, 9.17) is 4.98 Å². The maximum atomic E-state index is 13.2. The van der Waals surface area contributed by atoms with Crippen molar-refractivity contribution >= 4 is 16.8 Å². The summed E-state index contributed by atoms with van der Waals surface area (Å²) in [6, 6.07) is 12.9. The molecule has 5 nitrogen and oxygen atoms in total. The minimum Gasteiger partial charge on any atom is -0.267 e. The van der Waals surface area contributed by atoms with Gasteiger partial charge in [-0.05, 0) is 62.1 Å². The van der Waals surface area contributed by atoms with Crippen molar-refractivity contribution in [1.82, 2.24) is 9.66 Å². The van der Waals surface area contributed by atoms with Gasteiger partial charge in [-0.15, -0.1) is 0 Å². The average molecular weight is 375 g/mol. The first-order valence-electron chi connectivity index (χ1n) is 9.95. The summed E-state index contributed by atoms with van der Waals surface area (Å²) in [4.78, 5) is 30.9. The Morgan fingerprint density at radius 2 is 1.79 bits per heavy atom. The number of amides is 1. The third-order valence-electron chi connectivity index (χ3n) is 5.75. The summed E-state index contributed by atoms with van der Waals surface area (Å²) in [5.41, 5.74) is 6.01. The van der Waals surface area contributed by atoms with Gasteiger partial charge in [0.2, 0.25) is 0 Å². The van der Waals surface area contributed by atoms with E-state index in [1.165, 1.54) is 11.1 Å². The fourth-order valence-electron chi connectivity index (χ4n) is 3.94. The number of hydrogen-bond acceptors (Lipinski definition) is 3. The molecule has 1 aliphatic rings. The van der Waals surface area contributed by atoms with Crippen LogP contribution in [0.4, 0.5) is 0 Å². The zero-order valence-corrected chi connectivity index (χ0v) is 16.4. The van der Waals surface area contributed by atoms with Crippen LogP contribution in [-0.4, -0.2) is 15.6 Å². The van der Waals surface area contributed by atoms with Crippen LogP contribution in [0.15, 0.2) is 47.3 Å². The molecule has 144 valence electrons. The molecular weight excluding hydrogens is 350 g/mol. The molecule has 0 saturated heterocycles. The Labute approximate surface area is 164 Å². The normalized spacial score (nSPS) is 14.9. The monoisotopic (exact) mass is 375 g/mol. The van der Waals surface area contributed by atoms with Gasteiger partial charge in [-0.1, -0.05) is 37.5 Å². The number of rotatable bonds is 3. The number of aromatic nitrogens is 2. The summed E-state index contributed by atoms with van der Waals surface area (Å²) in [5.74, 6) is 0.561. The molecule has 28 heavy (non-hydrogen) atoms. The van der Waals surface area contributed by atoms with E-state index in [1.54, 1.807) is 12.1 Å². The minimum atomic E-state index is -0.292. The molecule has 0 bridgehead atoms. The summed E-state index contributed by atoms with van der Waals surface area (Å²) in [6.07, 6.45) is 5.44. The van der Waals surface area contributed by atoms with Gasteiger partial charge in [0.15, 0.2) is 0 Å². The van der Waals surface area contributed by atoms with E-state index in [0.717, 1.165) is 36.8 Å². The zero-order valence-electron chi connectivity index (χ0n) is 16.4. The van der Waals surface area contributed by atoms with Gasteiger partial charge in [-0.25, -0.2) is 9.66 Å². The number of para-hydroxylation sites is 1. The maximum Gasteiger partial charge on any atom is 0.280 e. The SMILES string of the molecule is Cc1ccc(C(=O)Nn2c(C3CCCCC3)nc3ccccc3c2=O)cc1C. The molecule has 1 amide bonds. The van der Waals surface area contributed by atoms with Gasteiger partial charge in [0, 0.05) is 11.5 Å². The van der Waals surface area contributed by atoms with Crippen molar-refractivity contribution in [3.8, 4) is 0 Å². The highest BCUT2D eigenvalue weighted by Gasteiger charge is 2.23. The van der Waals surface area contributed by atoms with E-state index in [0.29, 0.717) is 22.3 Å². The Morgan fingerprint density at radius 3 is 2.54 bits per heavy atom. The molecule has 1 saturated carbocycles. The van der Waals surface area contributed by atoms with Crippen molar-refractivity contribution in [3.05, 3.63) is 75.3 Å². The summed E-state index contributed by atoms with van der Waals surface area (Å²) >= 11 is 0. The first-order valence-corrected chi connectivity index (χ1v) is 9.95. The molecule has 0 radical (unpaired) electrons. The van der Waals surface area contributed by atoms with E-state index in [2.05, 4.69) is 5.43 Å². The summed E-state index contributed by atoms with van der Waals surface area (Å²) in [6.45, 7) is 3.99. The van der Waals surface area contributed by atoms with E-state index in [1.807, 2.05) is 44.2 Å². The second kappa shape index (κ2) is 7.58. The Bertz CT molecular complexity index is 1090. The molecule has 1 fully saturated rings. The molecule has 0 atom stereocenters. The highest BCUT2D eigenvalue weighted by Crippen LogP contribution is 2.31. The van der Waals surface area contributed by atoms with Crippen molar-refractivity contribution in [3.63, 3.8) is 0 Å². The number of carbonyl (C=O) groups excluding carboxylic acids is 1. The van der Waals surface area contributed by atoms with Crippen molar-refractivity contribution < 1.29 is 4.79 Å². The smallest absolute Gasteiger partial charge is 0.267 e. The number of aryl methyl sites for hydroxylation is 2. The zero-order chi connectivity index (χ0) is 19.7. The van der Waals surface area contributed by atoms with Crippen molar-refractivity contribution in [1.29, 1.82) is 0 Å². The molecule has 3 aromatic rings. The number of fused-ring (bicyclic) bond motifs is 1. The van der Waals surface area contributed by atoms with Gasteiger partial charge >= 0.3 is 0 Å².